The molecule has 2 atom stereocenters. The van der Waals surface area contributed by atoms with Gasteiger partial charge in [0, 0.05) is 5.56 Å². The first-order valence-corrected chi connectivity index (χ1v) is 6.78. The van der Waals surface area contributed by atoms with Crippen LogP contribution in [0.1, 0.15) is 27.5 Å². The van der Waals surface area contributed by atoms with E-state index in [2.05, 4.69) is 5.32 Å². The Morgan fingerprint density at radius 3 is 2.38 bits per heavy atom. The average molecular weight is 281 g/mol. The molecule has 1 heterocycles. The molecule has 0 saturated carbocycles. The first-order chi connectivity index (χ1) is 10.1. The third-order valence-electron chi connectivity index (χ3n) is 3.56. The standard InChI is InChI=1S/C17H15NO3/c1-11-7-9-13(10-8-11)15(19)16-14(18-17(20)21-16)12-5-3-2-4-6-12/h2-10,14,16H,1H3,(H,18,20)/t14-,16+/m0/s1. The molecule has 0 aromatic heterocycles. The molecule has 2 aromatic rings. The summed E-state index contributed by atoms with van der Waals surface area (Å²) in [5.74, 6) is -0.192. The quantitative estimate of drug-likeness (QED) is 0.880. The van der Waals surface area contributed by atoms with Crippen LogP contribution in [0.2, 0.25) is 0 Å². The summed E-state index contributed by atoms with van der Waals surface area (Å²) in [7, 11) is 0. The van der Waals surface area contributed by atoms with Gasteiger partial charge in [-0.05, 0) is 12.5 Å². The van der Waals surface area contributed by atoms with E-state index in [4.69, 9.17) is 4.74 Å². The number of rotatable bonds is 3. The number of nitrogens with one attached hydrogen (secondary N) is 1. The Kier molecular flexibility index (Phi) is 3.44. The number of ether oxygens (including phenoxy) is 1. The average Bonchev–Trinajstić information content (AvgIpc) is 2.90. The van der Waals surface area contributed by atoms with E-state index < -0.39 is 18.2 Å². The van der Waals surface area contributed by atoms with Gasteiger partial charge in [0.05, 0.1) is 0 Å². The van der Waals surface area contributed by atoms with E-state index in [-0.39, 0.29) is 5.78 Å². The molecule has 1 aliphatic heterocycles. The molecule has 0 spiro atoms. The third-order valence-corrected chi connectivity index (χ3v) is 3.56. The molecule has 106 valence electrons. The van der Waals surface area contributed by atoms with Crippen molar-refractivity contribution in [1.82, 2.24) is 5.32 Å². The molecule has 0 bridgehead atoms. The molecule has 0 aliphatic carbocycles. The number of amides is 1. The summed E-state index contributed by atoms with van der Waals surface area (Å²) >= 11 is 0. The normalized spacial score (nSPS) is 20.7. The number of benzene rings is 2. The van der Waals surface area contributed by atoms with Crippen LogP contribution >= 0.6 is 0 Å². The van der Waals surface area contributed by atoms with Crippen molar-refractivity contribution in [2.24, 2.45) is 0 Å². The van der Waals surface area contributed by atoms with E-state index in [1.54, 1.807) is 12.1 Å². The highest BCUT2D eigenvalue weighted by Crippen LogP contribution is 2.27. The number of hydrogen-bond donors (Lipinski definition) is 1. The molecule has 1 N–H and O–H groups in total. The Bertz CT molecular complexity index is 664. The van der Waals surface area contributed by atoms with Gasteiger partial charge in [0.25, 0.3) is 0 Å². The van der Waals surface area contributed by atoms with Gasteiger partial charge in [-0.1, -0.05) is 60.2 Å². The number of hydrogen-bond acceptors (Lipinski definition) is 3. The molecule has 1 aliphatic rings. The summed E-state index contributed by atoms with van der Waals surface area (Å²) < 4.78 is 5.18. The highest BCUT2D eigenvalue weighted by Gasteiger charge is 2.40. The van der Waals surface area contributed by atoms with Crippen LogP contribution in [0.3, 0.4) is 0 Å². The van der Waals surface area contributed by atoms with E-state index in [9.17, 15) is 9.59 Å². The summed E-state index contributed by atoms with van der Waals surface area (Å²) in [6.45, 7) is 1.96. The Balaban J connectivity index is 1.90. The Morgan fingerprint density at radius 2 is 1.71 bits per heavy atom. The van der Waals surface area contributed by atoms with Crippen molar-refractivity contribution in [1.29, 1.82) is 0 Å². The molecular weight excluding hydrogens is 266 g/mol. The highest BCUT2D eigenvalue weighted by molar-refractivity contribution is 6.02. The smallest absolute Gasteiger partial charge is 0.408 e. The summed E-state index contributed by atoms with van der Waals surface area (Å²) in [5, 5.41) is 2.70. The predicted octanol–water partition coefficient (Wildman–Crippen LogP) is 3.03. The first kappa shape index (κ1) is 13.4. The zero-order valence-electron chi connectivity index (χ0n) is 11.6. The number of ketones is 1. The Hall–Kier alpha value is -2.62. The van der Waals surface area contributed by atoms with Gasteiger partial charge >= 0.3 is 6.09 Å². The first-order valence-electron chi connectivity index (χ1n) is 6.78. The van der Waals surface area contributed by atoms with Crippen LogP contribution in [0.5, 0.6) is 0 Å². The number of aryl methyl sites for hydroxylation is 1. The van der Waals surface area contributed by atoms with Crippen molar-refractivity contribution < 1.29 is 14.3 Å². The fourth-order valence-electron chi connectivity index (χ4n) is 2.43. The van der Waals surface area contributed by atoms with Crippen LogP contribution in [-0.2, 0) is 4.74 Å². The minimum Gasteiger partial charge on any atom is -0.435 e. The Morgan fingerprint density at radius 1 is 1.05 bits per heavy atom. The zero-order valence-corrected chi connectivity index (χ0v) is 11.6. The molecule has 4 heteroatoms. The molecule has 0 unspecified atom stereocenters. The molecular formula is C17H15NO3. The van der Waals surface area contributed by atoms with Gasteiger partial charge in [-0.2, -0.15) is 0 Å². The number of cyclic esters (lactones) is 1. The van der Waals surface area contributed by atoms with Crippen molar-refractivity contribution >= 4 is 11.9 Å². The van der Waals surface area contributed by atoms with Crippen LogP contribution < -0.4 is 5.32 Å². The summed E-state index contributed by atoms with van der Waals surface area (Å²) in [4.78, 5) is 24.1. The van der Waals surface area contributed by atoms with Gasteiger partial charge in [0.1, 0.15) is 6.04 Å². The largest absolute Gasteiger partial charge is 0.435 e. The molecule has 3 rings (SSSR count). The molecule has 0 radical (unpaired) electrons. The second-order valence-electron chi connectivity index (χ2n) is 5.09. The second-order valence-corrected chi connectivity index (χ2v) is 5.09. The van der Waals surface area contributed by atoms with Crippen molar-refractivity contribution in [3.8, 4) is 0 Å². The van der Waals surface area contributed by atoms with E-state index in [0.717, 1.165) is 11.1 Å². The van der Waals surface area contributed by atoms with Crippen LogP contribution in [0.25, 0.3) is 0 Å². The molecule has 2 aromatic carbocycles. The maximum absolute atomic E-state index is 12.6. The van der Waals surface area contributed by atoms with Gasteiger partial charge in [-0.25, -0.2) is 4.79 Å². The predicted molar refractivity (Wildman–Crippen MR) is 78.1 cm³/mol. The van der Waals surface area contributed by atoms with Crippen molar-refractivity contribution in [3.05, 3.63) is 71.3 Å². The fraction of sp³-hybridized carbons (Fsp3) is 0.176. The lowest BCUT2D eigenvalue weighted by Gasteiger charge is -2.16. The SMILES string of the molecule is Cc1ccc(C(=O)[C@@H]2OC(=O)N[C@H]2c2ccccc2)cc1. The van der Waals surface area contributed by atoms with Crippen molar-refractivity contribution in [2.45, 2.75) is 19.1 Å². The molecule has 21 heavy (non-hydrogen) atoms. The summed E-state index contributed by atoms with van der Waals surface area (Å²) in [6, 6.07) is 16.2. The second kappa shape index (κ2) is 5.40. The lowest BCUT2D eigenvalue weighted by Crippen LogP contribution is -2.29. The maximum atomic E-state index is 12.6. The van der Waals surface area contributed by atoms with E-state index in [0.29, 0.717) is 5.56 Å². The summed E-state index contributed by atoms with van der Waals surface area (Å²) in [5.41, 5.74) is 2.48. The number of Topliss-reactive ketones (excluding diaryl/α,β-unsaturated/α-hetero) is 1. The van der Waals surface area contributed by atoms with Crippen molar-refractivity contribution in [3.63, 3.8) is 0 Å². The van der Waals surface area contributed by atoms with Crippen LogP contribution in [0.4, 0.5) is 4.79 Å². The van der Waals surface area contributed by atoms with Gasteiger partial charge in [0.2, 0.25) is 5.78 Å². The molecule has 4 nitrogen and oxygen atoms in total. The van der Waals surface area contributed by atoms with E-state index in [1.165, 1.54) is 0 Å². The van der Waals surface area contributed by atoms with Gasteiger partial charge in [-0.3, -0.25) is 4.79 Å². The lowest BCUT2D eigenvalue weighted by atomic mass is 9.95. The van der Waals surface area contributed by atoms with E-state index >= 15 is 0 Å². The Labute approximate surface area is 122 Å². The maximum Gasteiger partial charge on any atom is 0.408 e. The summed E-state index contributed by atoms with van der Waals surface area (Å²) in [6.07, 6.45) is -1.39. The third kappa shape index (κ3) is 2.65. The highest BCUT2D eigenvalue weighted by atomic mass is 16.6. The molecule has 1 amide bonds. The van der Waals surface area contributed by atoms with Crippen LogP contribution in [-0.4, -0.2) is 18.0 Å². The number of carbonyl (C=O) groups excluding carboxylic acids is 2. The van der Waals surface area contributed by atoms with Crippen LogP contribution in [0, 0.1) is 6.92 Å². The fourth-order valence-corrected chi connectivity index (χ4v) is 2.43. The number of alkyl carbamates (subject to hydrolysis) is 1. The molecule has 1 fully saturated rings. The van der Waals surface area contributed by atoms with Crippen molar-refractivity contribution in [2.75, 3.05) is 0 Å². The number of carbonyl (C=O) groups is 2. The minimum absolute atomic E-state index is 0.192. The topological polar surface area (TPSA) is 55.4 Å². The van der Waals surface area contributed by atoms with Crippen LogP contribution in [0.15, 0.2) is 54.6 Å². The van der Waals surface area contributed by atoms with Gasteiger partial charge in [0.15, 0.2) is 6.10 Å². The minimum atomic E-state index is -0.831. The lowest BCUT2D eigenvalue weighted by molar-refractivity contribution is 0.0721. The van der Waals surface area contributed by atoms with Gasteiger partial charge in [-0.15, -0.1) is 0 Å². The van der Waals surface area contributed by atoms with Gasteiger partial charge < -0.3 is 10.1 Å². The zero-order chi connectivity index (χ0) is 14.8. The molecule has 1 saturated heterocycles. The monoisotopic (exact) mass is 281 g/mol. The van der Waals surface area contributed by atoms with E-state index in [1.807, 2.05) is 49.4 Å².